The molecule has 0 amide bonds. The predicted molar refractivity (Wildman–Crippen MR) is 62.8 cm³/mol. The van der Waals surface area contributed by atoms with Gasteiger partial charge in [-0.25, -0.2) is 0 Å². The lowest BCUT2D eigenvalue weighted by atomic mass is 10.3. The molecule has 1 aromatic rings. The van der Waals surface area contributed by atoms with Crippen molar-refractivity contribution in [1.29, 1.82) is 0 Å². The third-order valence-corrected chi connectivity index (χ3v) is 2.30. The van der Waals surface area contributed by atoms with Crippen LogP contribution in [-0.4, -0.2) is 31.1 Å². The minimum atomic E-state index is 0.587. The molecule has 0 bridgehead atoms. The highest BCUT2D eigenvalue weighted by atomic mass is 16.3. The van der Waals surface area contributed by atoms with E-state index in [0.29, 0.717) is 6.04 Å². The van der Waals surface area contributed by atoms with Gasteiger partial charge in [-0.1, -0.05) is 13.8 Å². The Kier molecular flexibility index (Phi) is 5.43. The van der Waals surface area contributed by atoms with Crippen molar-refractivity contribution < 1.29 is 4.42 Å². The number of hydrogen-bond acceptors (Lipinski definition) is 3. The molecule has 0 spiro atoms. The Hall–Kier alpha value is -0.800. The molecule has 0 aliphatic heterocycles. The number of rotatable bonds is 7. The molecule has 86 valence electrons. The van der Waals surface area contributed by atoms with Crippen LogP contribution >= 0.6 is 0 Å². The fraction of sp³-hybridized carbons (Fsp3) is 0.667. The first-order chi connectivity index (χ1) is 7.18. The topological polar surface area (TPSA) is 28.4 Å². The zero-order chi connectivity index (χ0) is 11.1. The van der Waals surface area contributed by atoms with Gasteiger partial charge in [0.25, 0.3) is 0 Å². The van der Waals surface area contributed by atoms with Crippen LogP contribution in [0.15, 0.2) is 23.0 Å². The van der Waals surface area contributed by atoms with Crippen molar-refractivity contribution in [3.63, 3.8) is 0 Å². The quantitative estimate of drug-likeness (QED) is 0.699. The van der Waals surface area contributed by atoms with Crippen molar-refractivity contribution in [2.24, 2.45) is 0 Å². The van der Waals surface area contributed by atoms with Crippen LogP contribution in [0.2, 0.25) is 0 Å². The van der Waals surface area contributed by atoms with Crippen molar-refractivity contribution in [2.75, 3.05) is 20.1 Å². The van der Waals surface area contributed by atoms with Gasteiger partial charge in [0.05, 0.1) is 12.5 Å². The van der Waals surface area contributed by atoms with Gasteiger partial charge >= 0.3 is 0 Å². The fourth-order valence-electron chi connectivity index (χ4n) is 1.51. The Balaban J connectivity index is 2.06. The Bertz CT molecular complexity index is 244. The lowest BCUT2D eigenvalue weighted by Gasteiger charge is -2.16. The Morgan fingerprint density at radius 2 is 2.27 bits per heavy atom. The summed E-state index contributed by atoms with van der Waals surface area (Å²) in [5.41, 5.74) is 1.24. The van der Waals surface area contributed by atoms with Gasteiger partial charge in [-0.3, -0.25) is 0 Å². The van der Waals surface area contributed by atoms with E-state index in [0.717, 1.165) is 19.6 Å². The van der Waals surface area contributed by atoms with Gasteiger partial charge in [0.1, 0.15) is 0 Å². The normalized spacial score (nSPS) is 11.5. The average molecular weight is 210 g/mol. The minimum absolute atomic E-state index is 0.587. The van der Waals surface area contributed by atoms with Crippen molar-refractivity contribution in [3.05, 3.63) is 24.2 Å². The van der Waals surface area contributed by atoms with E-state index in [1.165, 1.54) is 12.0 Å². The molecule has 0 aliphatic rings. The van der Waals surface area contributed by atoms with Crippen LogP contribution in [0.25, 0.3) is 0 Å². The molecule has 15 heavy (non-hydrogen) atoms. The van der Waals surface area contributed by atoms with Crippen molar-refractivity contribution >= 4 is 0 Å². The molecule has 3 heteroatoms. The van der Waals surface area contributed by atoms with Crippen LogP contribution in [0.3, 0.4) is 0 Å². The molecule has 0 fully saturated rings. The molecule has 0 aliphatic carbocycles. The van der Waals surface area contributed by atoms with E-state index in [1.807, 2.05) is 12.3 Å². The highest BCUT2D eigenvalue weighted by molar-refractivity contribution is 5.04. The second-order valence-corrected chi connectivity index (χ2v) is 4.33. The van der Waals surface area contributed by atoms with E-state index in [4.69, 9.17) is 4.42 Å². The zero-order valence-corrected chi connectivity index (χ0v) is 9.99. The number of nitrogens with one attached hydrogen (secondary N) is 1. The molecule has 0 atom stereocenters. The van der Waals surface area contributed by atoms with Crippen molar-refractivity contribution in [1.82, 2.24) is 10.2 Å². The molecular formula is C12H22N2O. The second kappa shape index (κ2) is 6.64. The second-order valence-electron chi connectivity index (χ2n) is 4.33. The van der Waals surface area contributed by atoms with Gasteiger partial charge in [-0.2, -0.15) is 0 Å². The number of hydrogen-bond donors (Lipinski definition) is 1. The van der Waals surface area contributed by atoms with Gasteiger partial charge < -0.3 is 14.6 Å². The molecule has 3 nitrogen and oxygen atoms in total. The summed E-state index contributed by atoms with van der Waals surface area (Å²) in [4.78, 5) is 2.31. The maximum Gasteiger partial charge on any atom is 0.0947 e. The van der Waals surface area contributed by atoms with Crippen LogP contribution < -0.4 is 5.32 Å². The largest absolute Gasteiger partial charge is 0.472 e. The highest BCUT2D eigenvalue weighted by Crippen LogP contribution is 2.03. The zero-order valence-electron chi connectivity index (χ0n) is 9.99. The molecule has 0 radical (unpaired) electrons. The first-order valence-electron chi connectivity index (χ1n) is 5.61. The lowest BCUT2D eigenvalue weighted by molar-refractivity contribution is 0.317. The summed E-state index contributed by atoms with van der Waals surface area (Å²) in [6, 6.07) is 2.60. The van der Waals surface area contributed by atoms with E-state index in [1.54, 1.807) is 6.26 Å². The van der Waals surface area contributed by atoms with E-state index in [-0.39, 0.29) is 0 Å². The molecule has 1 heterocycles. The standard InChI is InChI=1S/C12H22N2O/c1-11(2)13-6-4-7-14(3)9-12-5-8-15-10-12/h5,8,10-11,13H,4,6-7,9H2,1-3H3. The molecular weight excluding hydrogens is 188 g/mol. The maximum atomic E-state index is 5.03. The predicted octanol–water partition coefficient (Wildman–Crippen LogP) is 2.10. The van der Waals surface area contributed by atoms with Crippen LogP contribution in [0.5, 0.6) is 0 Å². The fourth-order valence-corrected chi connectivity index (χ4v) is 1.51. The Morgan fingerprint density at radius 3 is 2.87 bits per heavy atom. The Labute approximate surface area is 92.5 Å². The molecule has 0 unspecified atom stereocenters. The van der Waals surface area contributed by atoms with E-state index in [9.17, 15) is 0 Å². The van der Waals surface area contributed by atoms with Gasteiger partial charge in [-0.15, -0.1) is 0 Å². The SMILES string of the molecule is CC(C)NCCCN(C)Cc1ccoc1. The van der Waals surface area contributed by atoms with Crippen molar-refractivity contribution in [3.8, 4) is 0 Å². The summed E-state index contributed by atoms with van der Waals surface area (Å²) in [5, 5.41) is 3.41. The third kappa shape index (κ3) is 5.60. The number of nitrogens with zero attached hydrogens (tertiary/aromatic N) is 1. The summed E-state index contributed by atoms with van der Waals surface area (Å²) in [6.07, 6.45) is 4.72. The maximum absolute atomic E-state index is 5.03. The summed E-state index contributed by atoms with van der Waals surface area (Å²) < 4.78 is 5.03. The van der Waals surface area contributed by atoms with Crippen LogP contribution in [-0.2, 0) is 6.54 Å². The monoisotopic (exact) mass is 210 g/mol. The Morgan fingerprint density at radius 1 is 1.47 bits per heavy atom. The highest BCUT2D eigenvalue weighted by Gasteiger charge is 2.01. The molecule has 1 aromatic heterocycles. The summed E-state index contributed by atoms with van der Waals surface area (Å²) in [7, 11) is 2.14. The van der Waals surface area contributed by atoms with E-state index < -0.39 is 0 Å². The van der Waals surface area contributed by atoms with Crippen molar-refractivity contribution in [2.45, 2.75) is 32.9 Å². The summed E-state index contributed by atoms with van der Waals surface area (Å²) in [5.74, 6) is 0. The van der Waals surface area contributed by atoms with Gasteiger partial charge in [0, 0.05) is 18.2 Å². The lowest BCUT2D eigenvalue weighted by Crippen LogP contribution is -2.27. The first-order valence-corrected chi connectivity index (χ1v) is 5.61. The molecule has 1 rings (SSSR count). The van der Waals surface area contributed by atoms with Gasteiger partial charge in [0.15, 0.2) is 0 Å². The number of furan rings is 1. The van der Waals surface area contributed by atoms with Crippen LogP contribution in [0.4, 0.5) is 0 Å². The van der Waals surface area contributed by atoms with Crippen LogP contribution in [0.1, 0.15) is 25.8 Å². The smallest absolute Gasteiger partial charge is 0.0947 e. The minimum Gasteiger partial charge on any atom is -0.472 e. The van der Waals surface area contributed by atoms with Gasteiger partial charge in [-0.05, 0) is 32.6 Å². The summed E-state index contributed by atoms with van der Waals surface area (Å²) in [6.45, 7) is 7.53. The molecule has 0 aromatic carbocycles. The molecule has 0 saturated heterocycles. The molecule has 1 N–H and O–H groups in total. The van der Waals surface area contributed by atoms with Gasteiger partial charge in [0.2, 0.25) is 0 Å². The summed E-state index contributed by atoms with van der Waals surface area (Å²) >= 11 is 0. The average Bonchev–Trinajstić information content (AvgIpc) is 2.64. The first kappa shape index (κ1) is 12.3. The van der Waals surface area contributed by atoms with E-state index >= 15 is 0 Å². The molecule has 0 saturated carbocycles. The van der Waals surface area contributed by atoms with Crippen LogP contribution in [0, 0.1) is 0 Å². The third-order valence-electron chi connectivity index (χ3n) is 2.30. The van der Waals surface area contributed by atoms with E-state index in [2.05, 4.69) is 31.1 Å².